The van der Waals surface area contributed by atoms with E-state index in [0.717, 1.165) is 34.9 Å². The molecule has 8 heteroatoms. The van der Waals surface area contributed by atoms with Crippen LogP contribution in [0.3, 0.4) is 0 Å². The van der Waals surface area contributed by atoms with E-state index in [2.05, 4.69) is 4.90 Å². The second-order valence-corrected chi connectivity index (χ2v) is 10.0. The zero-order valence-corrected chi connectivity index (χ0v) is 20.9. The first-order chi connectivity index (χ1) is 17.3. The van der Waals surface area contributed by atoms with Crippen LogP contribution >= 0.6 is 0 Å². The molecule has 0 radical (unpaired) electrons. The van der Waals surface area contributed by atoms with Crippen LogP contribution in [0.15, 0.2) is 42.6 Å². The fourth-order valence-electron chi connectivity index (χ4n) is 5.80. The molecule has 0 spiro atoms. The number of likely N-dealkylation sites (tertiary alicyclic amines) is 1. The van der Waals surface area contributed by atoms with Crippen LogP contribution in [0.2, 0.25) is 0 Å². The molecule has 190 valence electrons. The number of fused-ring (bicyclic) bond motifs is 1. The lowest BCUT2D eigenvalue weighted by Gasteiger charge is -2.45. The molecule has 1 saturated carbocycles. The lowest BCUT2D eigenvalue weighted by Crippen LogP contribution is -2.47. The number of carboxylic acid groups (broad SMARTS) is 1. The van der Waals surface area contributed by atoms with Crippen molar-refractivity contribution in [3.8, 4) is 5.75 Å². The number of rotatable bonds is 6. The van der Waals surface area contributed by atoms with E-state index in [1.165, 1.54) is 11.7 Å². The summed E-state index contributed by atoms with van der Waals surface area (Å²) in [5, 5.41) is 22.0. The van der Waals surface area contributed by atoms with Crippen LogP contribution in [0.5, 0.6) is 5.75 Å². The van der Waals surface area contributed by atoms with E-state index in [1.807, 2.05) is 31.2 Å². The second-order valence-electron chi connectivity index (χ2n) is 10.0. The van der Waals surface area contributed by atoms with Gasteiger partial charge < -0.3 is 19.7 Å². The Kier molecular flexibility index (Phi) is 6.26. The predicted octanol–water partition coefficient (Wildman–Crippen LogP) is 4.75. The number of benzene rings is 2. The van der Waals surface area contributed by atoms with E-state index in [9.17, 15) is 19.8 Å². The first-order valence-electron chi connectivity index (χ1n) is 12.3. The van der Waals surface area contributed by atoms with E-state index in [1.54, 1.807) is 25.4 Å². The highest BCUT2D eigenvalue weighted by molar-refractivity contribution is 5.94. The van der Waals surface area contributed by atoms with Gasteiger partial charge in [-0.1, -0.05) is 12.1 Å². The Labute approximate surface area is 210 Å². The SMILES string of the molecule is COC(=O)c1ccc([C@@H]2CC(O)(C3CC3)CCN2Cc2c(OC)cc(C)c3c2ccn3C(=O)O)cc1. The highest BCUT2D eigenvalue weighted by Crippen LogP contribution is 2.50. The minimum absolute atomic E-state index is 0.0707. The number of carbonyl (C=O) groups is 2. The van der Waals surface area contributed by atoms with Gasteiger partial charge in [-0.05, 0) is 73.9 Å². The Morgan fingerprint density at radius 3 is 2.47 bits per heavy atom. The largest absolute Gasteiger partial charge is 0.496 e. The van der Waals surface area contributed by atoms with E-state index in [-0.39, 0.29) is 12.0 Å². The van der Waals surface area contributed by atoms with Crippen molar-refractivity contribution in [3.05, 3.63) is 64.8 Å². The Bertz CT molecular complexity index is 1310. The summed E-state index contributed by atoms with van der Waals surface area (Å²) >= 11 is 0. The summed E-state index contributed by atoms with van der Waals surface area (Å²) in [6.45, 7) is 3.11. The van der Waals surface area contributed by atoms with Gasteiger partial charge in [-0.25, -0.2) is 9.59 Å². The van der Waals surface area contributed by atoms with Crippen molar-refractivity contribution < 1.29 is 29.3 Å². The molecule has 2 N–H and O–H groups in total. The maximum atomic E-state index is 11.9. The predicted molar refractivity (Wildman–Crippen MR) is 134 cm³/mol. The van der Waals surface area contributed by atoms with Crippen LogP contribution in [0.1, 0.15) is 58.8 Å². The monoisotopic (exact) mass is 492 g/mol. The second kappa shape index (κ2) is 9.26. The summed E-state index contributed by atoms with van der Waals surface area (Å²) in [6, 6.07) is 11.1. The van der Waals surface area contributed by atoms with Gasteiger partial charge in [0.15, 0.2) is 0 Å². The first-order valence-corrected chi connectivity index (χ1v) is 12.3. The fourth-order valence-corrected chi connectivity index (χ4v) is 5.80. The van der Waals surface area contributed by atoms with E-state index in [0.29, 0.717) is 48.7 Å². The number of esters is 1. The third-order valence-electron chi connectivity index (χ3n) is 7.89. The number of aryl methyl sites for hydroxylation is 1. The van der Waals surface area contributed by atoms with Gasteiger partial charge in [0.2, 0.25) is 0 Å². The quantitative estimate of drug-likeness (QED) is 0.479. The molecule has 1 unspecified atom stereocenters. The maximum Gasteiger partial charge on any atom is 0.416 e. The molecule has 2 atom stereocenters. The van der Waals surface area contributed by atoms with Crippen molar-refractivity contribution in [1.82, 2.24) is 9.47 Å². The van der Waals surface area contributed by atoms with Crippen LogP contribution in [-0.4, -0.2) is 58.1 Å². The average Bonchev–Trinajstić information content (AvgIpc) is 3.65. The van der Waals surface area contributed by atoms with Crippen molar-refractivity contribution in [2.24, 2.45) is 5.92 Å². The van der Waals surface area contributed by atoms with Gasteiger partial charge >= 0.3 is 12.1 Å². The van der Waals surface area contributed by atoms with Crippen LogP contribution in [0, 0.1) is 12.8 Å². The minimum Gasteiger partial charge on any atom is -0.496 e. The van der Waals surface area contributed by atoms with Gasteiger partial charge in [-0.2, -0.15) is 0 Å². The molecule has 36 heavy (non-hydrogen) atoms. The summed E-state index contributed by atoms with van der Waals surface area (Å²) in [6.07, 6.45) is 3.94. The van der Waals surface area contributed by atoms with Crippen LogP contribution in [-0.2, 0) is 11.3 Å². The molecule has 1 aromatic heterocycles. The van der Waals surface area contributed by atoms with Gasteiger partial charge in [-0.3, -0.25) is 9.47 Å². The molecule has 5 rings (SSSR count). The number of methoxy groups -OCH3 is 2. The van der Waals surface area contributed by atoms with Crippen LogP contribution in [0.25, 0.3) is 10.9 Å². The number of carbonyl (C=O) groups excluding carboxylic acids is 1. The molecule has 3 aromatic rings. The molecule has 2 aliphatic rings. The van der Waals surface area contributed by atoms with Gasteiger partial charge in [0.25, 0.3) is 0 Å². The molecular weight excluding hydrogens is 460 g/mol. The highest BCUT2D eigenvalue weighted by atomic mass is 16.5. The van der Waals surface area contributed by atoms with Crippen molar-refractivity contribution in [1.29, 1.82) is 0 Å². The Morgan fingerprint density at radius 1 is 1.14 bits per heavy atom. The van der Waals surface area contributed by atoms with Crippen molar-refractivity contribution >= 4 is 23.0 Å². The molecule has 2 aromatic carbocycles. The minimum atomic E-state index is -1.03. The summed E-state index contributed by atoms with van der Waals surface area (Å²) in [5.74, 6) is 0.666. The van der Waals surface area contributed by atoms with Gasteiger partial charge in [0.05, 0.1) is 30.9 Å². The lowest BCUT2D eigenvalue weighted by molar-refractivity contribution is -0.0661. The molecular formula is C28H32N2O6. The maximum absolute atomic E-state index is 11.9. The van der Waals surface area contributed by atoms with Gasteiger partial charge in [0, 0.05) is 36.3 Å². The fraction of sp³-hybridized carbons (Fsp3) is 0.429. The van der Waals surface area contributed by atoms with E-state index >= 15 is 0 Å². The van der Waals surface area contributed by atoms with Crippen LogP contribution in [0.4, 0.5) is 4.79 Å². The van der Waals surface area contributed by atoms with E-state index < -0.39 is 11.7 Å². The summed E-state index contributed by atoms with van der Waals surface area (Å²) in [4.78, 5) is 26.1. The Morgan fingerprint density at radius 2 is 1.86 bits per heavy atom. The molecule has 1 aliphatic heterocycles. The summed E-state index contributed by atoms with van der Waals surface area (Å²) < 4.78 is 11.8. The molecule has 0 amide bonds. The molecule has 1 saturated heterocycles. The zero-order valence-electron chi connectivity index (χ0n) is 20.9. The topological polar surface area (TPSA) is 101 Å². The van der Waals surface area contributed by atoms with Crippen molar-refractivity contribution in [2.75, 3.05) is 20.8 Å². The number of nitrogens with zero attached hydrogens (tertiary/aromatic N) is 2. The highest BCUT2D eigenvalue weighted by Gasteiger charge is 2.48. The number of piperidine rings is 1. The number of hydrogen-bond acceptors (Lipinski definition) is 6. The number of ether oxygens (including phenoxy) is 2. The third-order valence-corrected chi connectivity index (χ3v) is 7.89. The van der Waals surface area contributed by atoms with Gasteiger partial charge in [-0.15, -0.1) is 0 Å². The standard InChI is InChI=1S/C28H32N2O6/c1-17-14-24(35-2)22(21-10-12-30(25(17)21)27(32)33)16-29-13-11-28(34,20-8-9-20)15-23(29)18-4-6-19(7-5-18)26(31)36-3/h4-7,10,12,14,20,23,34H,8-9,11,13,15-16H2,1-3H3,(H,32,33)/t23-,28?/m0/s1. The lowest BCUT2D eigenvalue weighted by atomic mass is 9.80. The molecule has 2 fully saturated rings. The number of hydrogen-bond donors (Lipinski definition) is 2. The summed E-state index contributed by atoms with van der Waals surface area (Å²) in [5.41, 5.74) is 3.20. The number of aromatic nitrogens is 1. The molecule has 8 nitrogen and oxygen atoms in total. The Hall–Kier alpha value is -3.36. The molecule has 1 aliphatic carbocycles. The average molecular weight is 493 g/mol. The van der Waals surface area contributed by atoms with Gasteiger partial charge in [0.1, 0.15) is 5.75 Å². The normalized spacial score (nSPS) is 22.5. The Balaban J connectivity index is 1.54. The first kappa shape index (κ1) is 24.3. The summed E-state index contributed by atoms with van der Waals surface area (Å²) in [7, 11) is 2.99. The number of aliphatic hydroxyl groups is 1. The molecule has 2 heterocycles. The zero-order chi connectivity index (χ0) is 25.6. The van der Waals surface area contributed by atoms with Crippen molar-refractivity contribution in [2.45, 2.75) is 50.8 Å². The molecule has 0 bridgehead atoms. The van der Waals surface area contributed by atoms with Crippen LogP contribution < -0.4 is 4.74 Å². The third kappa shape index (κ3) is 4.24. The van der Waals surface area contributed by atoms with Crippen molar-refractivity contribution in [3.63, 3.8) is 0 Å². The van der Waals surface area contributed by atoms with E-state index in [4.69, 9.17) is 9.47 Å². The smallest absolute Gasteiger partial charge is 0.416 e.